The van der Waals surface area contributed by atoms with Crippen LogP contribution in [0.2, 0.25) is 5.02 Å². The first-order valence-corrected chi connectivity index (χ1v) is 11.4. The fourth-order valence-corrected chi connectivity index (χ4v) is 3.77. The summed E-state index contributed by atoms with van der Waals surface area (Å²) in [5, 5.41) is 18.2. The quantitative estimate of drug-likeness (QED) is 0.205. The Hall–Kier alpha value is -3.82. The highest BCUT2D eigenvalue weighted by Crippen LogP contribution is 2.33. The summed E-state index contributed by atoms with van der Waals surface area (Å²) in [6, 6.07) is 17.8. The summed E-state index contributed by atoms with van der Waals surface area (Å²) in [6.07, 6.45) is 1.46. The van der Waals surface area contributed by atoms with Crippen LogP contribution in [-0.2, 0) is 11.4 Å². The number of carbonyl (C=O) groups is 1. The van der Waals surface area contributed by atoms with Crippen molar-refractivity contribution in [3.05, 3.63) is 93.6 Å². The zero-order chi connectivity index (χ0) is 24.8. The van der Waals surface area contributed by atoms with Crippen molar-refractivity contribution in [1.29, 1.82) is 0 Å². The molecule has 0 radical (unpaired) electrons. The number of aliphatic carboxylic acids is 1. The molecule has 10 heteroatoms. The Morgan fingerprint density at radius 2 is 1.83 bits per heavy atom. The third kappa shape index (κ3) is 6.40. The van der Waals surface area contributed by atoms with E-state index in [9.17, 15) is 14.3 Å². The van der Waals surface area contributed by atoms with Gasteiger partial charge >= 0.3 is 5.97 Å². The van der Waals surface area contributed by atoms with Crippen molar-refractivity contribution in [3.63, 3.8) is 0 Å². The first kappa shape index (κ1) is 24.3. The van der Waals surface area contributed by atoms with Gasteiger partial charge in [-0.25, -0.2) is 9.18 Å². The van der Waals surface area contributed by atoms with Gasteiger partial charge in [-0.3, -0.25) is 0 Å². The van der Waals surface area contributed by atoms with Gasteiger partial charge in [0.05, 0.1) is 7.11 Å². The monoisotopic (exact) mass is 512 g/mol. The third-order valence-corrected chi connectivity index (χ3v) is 5.80. The van der Waals surface area contributed by atoms with Crippen LogP contribution in [0.25, 0.3) is 17.5 Å². The summed E-state index contributed by atoms with van der Waals surface area (Å²) >= 11 is 6.72. The molecule has 1 N–H and O–H groups in total. The Morgan fingerprint density at radius 1 is 1.09 bits per heavy atom. The van der Waals surface area contributed by atoms with Crippen molar-refractivity contribution in [2.45, 2.75) is 11.8 Å². The molecule has 0 fully saturated rings. The Kier molecular flexibility index (Phi) is 7.69. The lowest BCUT2D eigenvalue weighted by molar-refractivity contribution is -0.131. The van der Waals surface area contributed by atoms with Crippen LogP contribution in [0.15, 0.2) is 81.3 Å². The molecule has 178 valence electrons. The number of ether oxygens (including phenoxy) is 2. The summed E-state index contributed by atoms with van der Waals surface area (Å²) in [4.78, 5) is 11.8. The maximum absolute atomic E-state index is 13.1. The van der Waals surface area contributed by atoms with Crippen molar-refractivity contribution in [3.8, 4) is 23.0 Å². The number of aromatic nitrogens is 2. The molecule has 0 saturated heterocycles. The van der Waals surface area contributed by atoms with Crippen molar-refractivity contribution in [2.75, 3.05) is 7.11 Å². The smallest absolute Gasteiger partial charge is 0.342 e. The summed E-state index contributed by atoms with van der Waals surface area (Å²) < 4.78 is 29.8. The van der Waals surface area contributed by atoms with Crippen LogP contribution >= 0.6 is 23.4 Å². The summed E-state index contributed by atoms with van der Waals surface area (Å²) in [7, 11) is 1.48. The van der Waals surface area contributed by atoms with Crippen LogP contribution in [0.4, 0.5) is 4.39 Å². The van der Waals surface area contributed by atoms with Gasteiger partial charge in [0.25, 0.3) is 5.22 Å². The zero-order valence-electron chi connectivity index (χ0n) is 18.3. The molecule has 0 amide bonds. The van der Waals surface area contributed by atoms with E-state index in [1.807, 2.05) is 0 Å². The third-order valence-electron chi connectivity index (χ3n) is 4.70. The summed E-state index contributed by atoms with van der Waals surface area (Å²) in [5.41, 5.74) is 2.02. The standard InChI is InChI=1S/C25H18ClFN2O5S/c1-32-21-12-16(4-11-20(21)33-14-15-2-9-19(27)10-3-15)13-22(24(30)31)35-25-29-28-23(34-25)17-5-7-18(26)8-6-17/h2-13H,14H2,1H3,(H,30,31)/b22-13-. The second-order valence-corrected chi connectivity index (χ2v) is 8.55. The molecule has 4 rings (SSSR count). The molecule has 7 nitrogen and oxygen atoms in total. The zero-order valence-corrected chi connectivity index (χ0v) is 19.8. The van der Waals surface area contributed by atoms with Crippen LogP contribution in [0.1, 0.15) is 11.1 Å². The number of nitrogens with zero attached hydrogens (tertiary/aromatic N) is 2. The van der Waals surface area contributed by atoms with Crippen LogP contribution < -0.4 is 9.47 Å². The average molecular weight is 513 g/mol. The van der Waals surface area contributed by atoms with Crippen molar-refractivity contribution in [2.24, 2.45) is 0 Å². The number of hydrogen-bond donors (Lipinski definition) is 1. The second kappa shape index (κ2) is 11.1. The Balaban J connectivity index is 1.50. The van der Waals surface area contributed by atoms with Crippen LogP contribution in [-0.4, -0.2) is 28.4 Å². The minimum Gasteiger partial charge on any atom is -0.493 e. The Morgan fingerprint density at radius 3 is 2.51 bits per heavy atom. The molecule has 0 aliphatic heterocycles. The number of thioether (sulfide) groups is 1. The van der Waals surface area contributed by atoms with Gasteiger partial charge in [-0.05, 0) is 77.5 Å². The second-order valence-electron chi connectivity index (χ2n) is 7.12. The first-order chi connectivity index (χ1) is 16.9. The molecule has 0 bridgehead atoms. The van der Waals surface area contributed by atoms with E-state index in [1.54, 1.807) is 54.6 Å². The van der Waals surface area contributed by atoms with E-state index in [0.717, 1.165) is 17.3 Å². The van der Waals surface area contributed by atoms with Crippen molar-refractivity contribution < 1.29 is 28.2 Å². The maximum atomic E-state index is 13.1. The number of rotatable bonds is 9. The molecule has 0 saturated carbocycles. The van der Waals surface area contributed by atoms with Crippen molar-refractivity contribution in [1.82, 2.24) is 10.2 Å². The van der Waals surface area contributed by atoms with E-state index in [0.29, 0.717) is 27.6 Å². The lowest BCUT2D eigenvalue weighted by Crippen LogP contribution is -1.99. The number of methoxy groups -OCH3 is 1. The summed E-state index contributed by atoms with van der Waals surface area (Å²) in [6.45, 7) is 0.217. The molecule has 1 aromatic heterocycles. The highest BCUT2D eigenvalue weighted by Gasteiger charge is 2.17. The highest BCUT2D eigenvalue weighted by molar-refractivity contribution is 8.03. The van der Waals surface area contributed by atoms with Gasteiger partial charge in [-0.1, -0.05) is 29.8 Å². The molecule has 1 heterocycles. The Bertz CT molecular complexity index is 1360. The summed E-state index contributed by atoms with van der Waals surface area (Å²) in [5.74, 6) is -0.354. The van der Waals surface area contributed by atoms with Gasteiger partial charge in [0, 0.05) is 10.6 Å². The fraction of sp³-hybridized carbons (Fsp3) is 0.0800. The van der Waals surface area contributed by atoms with E-state index < -0.39 is 5.97 Å². The number of benzene rings is 3. The molecular weight excluding hydrogens is 495 g/mol. The van der Waals surface area contributed by atoms with E-state index in [2.05, 4.69) is 10.2 Å². The lowest BCUT2D eigenvalue weighted by atomic mass is 10.2. The molecule has 4 aromatic rings. The van der Waals surface area contributed by atoms with Gasteiger partial charge in [-0.2, -0.15) is 0 Å². The molecule has 0 atom stereocenters. The maximum Gasteiger partial charge on any atom is 0.342 e. The van der Waals surface area contributed by atoms with Crippen LogP contribution in [0, 0.1) is 5.82 Å². The minimum atomic E-state index is -1.16. The SMILES string of the molecule is COc1cc(/C=C(\Sc2nnc(-c3ccc(Cl)cc3)o2)C(=O)O)ccc1OCc1ccc(F)cc1. The highest BCUT2D eigenvalue weighted by atomic mass is 35.5. The van der Waals surface area contributed by atoms with Gasteiger partial charge in [0.1, 0.15) is 17.3 Å². The normalized spacial score (nSPS) is 11.3. The van der Waals surface area contributed by atoms with Gasteiger partial charge < -0.3 is 19.0 Å². The predicted molar refractivity (Wildman–Crippen MR) is 130 cm³/mol. The van der Waals surface area contributed by atoms with Gasteiger partial charge in [0.15, 0.2) is 11.5 Å². The fourth-order valence-electron chi connectivity index (χ4n) is 2.98. The molecular formula is C25H18ClFN2O5S. The van der Waals surface area contributed by atoms with E-state index in [1.165, 1.54) is 25.3 Å². The van der Waals surface area contributed by atoms with Crippen molar-refractivity contribution >= 4 is 35.4 Å². The molecule has 0 unspecified atom stereocenters. The number of hydrogen-bond acceptors (Lipinski definition) is 7. The molecule has 35 heavy (non-hydrogen) atoms. The molecule has 3 aromatic carbocycles. The van der Waals surface area contributed by atoms with E-state index >= 15 is 0 Å². The number of carboxylic acids is 1. The van der Waals surface area contributed by atoms with Crippen LogP contribution in [0.5, 0.6) is 11.5 Å². The van der Waals surface area contributed by atoms with Gasteiger partial charge in [0.2, 0.25) is 5.89 Å². The van der Waals surface area contributed by atoms with E-state index in [-0.39, 0.29) is 28.4 Å². The minimum absolute atomic E-state index is 0.0293. The largest absolute Gasteiger partial charge is 0.493 e. The lowest BCUT2D eigenvalue weighted by Gasteiger charge is -2.11. The molecule has 0 aliphatic rings. The number of carboxylic acid groups (broad SMARTS) is 1. The first-order valence-electron chi connectivity index (χ1n) is 10.2. The predicted octanol–water partition coefficient (Wildman–Crippen LogP) is 6.33. The van der Waals surface area contributed by atoms with E-state index in [4.69, 9.17) is 25.5 Å². The molecule has 0 spiro atoms. The Labute approximate surface area is 209 Å². The van der Waals surface area contributed by atoms with Crippen LogP contribution in [0.3, 0.4) is 0 Å². The molecule has 0 aliphatic carbocycles. The van der Waals surface area contributed by atoms with Gasteiger partial charge in [-0.15, -0.1) is 10.2 Å². The average Bonchev–Trinajstić information content (AvgIpc) is 3.32. The number of halogens is 2. The topological polar surface area (TPSA) is 94.7 Å².